The Bertz CT molecular complexity index is 406. The van der Waals surface area contributed by atoms with E-state index in [2.05, 4.69) is 4.28 Å². The molecule has 1 aliphatic carbocycles. The average Bonchev–Trinajstić information content (AvgIpc) is 2.23. The summed E-state index contributed by atoms with van der Waals surface area (Å²) in [6.07, 6.45) is 2.39. The van der Waals surface area contributed by atoms with E-state index < -0.39 is 29.1 Å². The fourth-order valence-corrected chi connectivity index (χ4v) is 2.67. The molecular weight excluding hydrogens is 258 g/mol. The summed E-state index contributed by atoms with van der Waals surface area (Å²) in [7, 11) is 0. The minimum absolute atomic E-state index is 0.0512. The van der Waals surface area contributed by atoms with E-state index in [1.54, 1.807) is 0 Å². The number of carbonyl (C=O) groups excluding carboxylic acids is 2. The predicted octanol–water partition coefficient (Wildman–Crippen LogP) is 0.636. The van der Waals surface area contributed by atoms with Gasteiger partial charge in [0.25, 0.3) is 0 Å². The van der Waals surface area contributed by atoms with E-state index in [4.69, 9.17) is 0 Å². The van der Waals surface area contributed by atoms with Gasteiger partial charge in [-0.25, -0.2) is 9.69 Å². The van der Waals surface area contributed by atoms with Crippen molar-refractivity contribution in [3.63, 3.8) is 0 Å². The highest BCUT2D eigenvalue weighted by Crippen LogP contribution is 2.34. The Morgan fingerprint density at radius 2 is 2.17 bits per heavy atom. The molecule has 1 aliphatic rings. The zero-order valence-electron chi connectivity index (χ0n) is 10.5. The van der Waals surface area contributed by atoms with E-state index in [0.717, 1.165) is 5.57 Å². The molecule has 0 aliphatic heterocycles. The van der Waals surface area contributed by atoms with Gasteiger partial charge in [0, 0.05) is 5.92 Å². The number of amides is 1. The quantitative estimate of drug-likeness (QED) is 0.461. The number of ketones is 1. The number of carbonyl (C=O) groups is 2. The van der Waals surface area contributed by atoms with E-state index in [1.807, 2.05) is 25.4 Å². The van der Waals surface area contributed by atoms with Crippen molar-refractivity contribution in [1.82, 2.24) is 5.48 Å². The van der Waals surface area contributed by atoms with Crippen molar-refractivity contribution in [2.24, 2.45) is 17.8 Å². The number of hydrogen-bond donors (Lipinski definition) is 1. The normalized spacial score (nSPS) is 29.3. The molecule has 0 saturated heterocycles. The summed E-state index contributed by atoms with van der Waals surface area (Å²) >= 11 is -2.81. The first kappa shape index (κ1) is 15.0. The minimum Gasteiger partial charge on any atom is -0.748 e. The first-order chi connectivity index (χ1) is 8.32. The maximum Gasteiger partial charge on any atom is 0.248 e. The van der Waals surface area contributed by atoms with Crippen molar-refractivity contribution in [1.29, 1.82) is 0 Å². The molecule has 0 aromatic rings. The monoisotopic (exact) mass is 274 g/mol. The lowest BCUT2D eigenvalue weighted by atomic mass is 9.72. The van der Waals surface area contributed by atoms with Gasteiger partial charge in [-0.3, -0.25) is 9.59 Å². The molecule has 0 aromatic carbocycles. The lowest BCUT2D eigenvalue weighted by Gasteiger charge is -2.32. The van der Waals surface area contributed by atoms with E-state index in [0.29, 0.717) is 6.42 Å². The second kappa shape index (κ2) is 6.21. The Hall–Kier alpha value is -1.05. The molecule has 1 amide bonds. The smallest absolute Gasteiger partial charge is 0.248 e. The van der Waals surface area contributed by atoms with Crippen molar-refractivity contribution < 1.29 is 22.6 Å². The molecule has 0 saturated carbocycles. The molecule has 0 bridgehead atoms. The van der Waals surface area contributed by atoms with E-state index in [9.17, 15) is 18.4 Å². The second-order valence-electron chi connectivity index (χ2n) is 4.57. The minimum atomic E-state index is -2.81. The highest BCUT2D eigenvalue weighted by atomic mass is 32.2. The topological polar surface area (TPSA) is 95.5 Å². The molecule has 7 heteroatoms. The van der Waals surface area contributed by atoms with Crippen LogP contribution >= 0.6 is 0 Å². The summed E-state index contributed by atoms with van der Waals surface area (Å²) in [5.41, 5.74) is 2.85. The molecule has 4 unspecified atom stereocenters. The third-order valence-electron chi connectivity index (χ3n) is 3.11. The molecule has 0 radical (unpaired) electrons. The summed E-state index contributed by atoms with van der Waals surface area (Å²) in [5.74, 6) is -1.76. The summed E-state index contributed by atoms with van der Waals surface area (Å²) in [6, 6.07) is 0. The number of allylic oxidation sites excluding steroid dienone is 2. The Labute approximate surface area is 108 Å². The van der Waals surface area contributed by atoms with Crippen LogP contribution in [0.1, 0.15) is 27.2 Å². The van der Waals surface area contributed by atoms with Crippen molar-refractivity contribution in [3.8, 4) is 0 Å². The van der Waals surface area contributed by atoms with Crippen molar-refractivity contribution in [3.05, 3.63) is 11.6 Å². The Morgan fingerprint density at radius 1 is 1.56 bits per heavy atom. The molecule has 6 nitrogen and oxygen atoms in total. The molecule has 102 valence electrons. The number of hydroxylamine groups is 1. The van der Waals surface area contributed by atoms with Crippen LogP contribution < -0.4 is 5.48 Å². The van der Waals surface area contributed by atoms with Crippen LogP contribution in [0.2, 0.25) is 0 Å². The van der Waals surface area contributed by atoms with Crippen LogP contribution in [0.15, 0.2) is 11.6 Å². The van der Waals surface area contributed by atoms with Gasteiger partial charge < -0.3 is 4.55 Å². The van der Waals surface area contributed by atoms with Gasteiger partial charge in [-0.2, -0.15) is 4.28 Å². The second-order valence-corrected chi connectivity index (χ2v) is 5.15. The van der Waals surface area contributed by atoms with E-state index in [-0.39, 0.29) is 11.7 Å². The standard InChI is InChI=1S/C11H17NO5S/c1-6-4-7(2)10(8(3)13)9(5-6)11(14)12-17-18(15)16/h4,7,9-10H,5H2,1-3H3,(H,12,14)(H,15,16)/p-1. The largest absolute Gasteiger partial charge is 0.748 e. The van der Waals surface area contributed by atoms with Gasteiger partial charge in [-0.1, -0.05) is 18.6 Å². The maximum atomic E-state index is 11.8. The third-order valence-corrected chi connectivity index (χ3v) is 3.33. The van der Waals surface area contributed by atoms with Crippen LogP contribution in [0.3, 0.4) is 0 Å². The predicted molar refractivity (Wildman–Crippen MR) is 63.3 cm³/mol. The van der Waals surface area contributed by atoms with Crippen molar-refractivity contribution in [2.75, 3.05) is 0 Å². The summed E-state index contributed by atoms with van der Waals surface area (Å²) in [4.78, 5) is 23.4. The molecule has 0 heterocycles. The number of Topliss-reactive ketones (excluding diaryl/α,β-unsaturated/α-hetero) is 1. The molecule has 0 spiro atoms. The zero-order chi connectivity index (χ0) is 13.9. The molecule has 1 N–H and O–H groups in total. The fraction of sp³-hybridized carbons (Fsp3) is 0.636. The van der Waals surface area contributed by atoms with Gasteiger partial charge in [0.1, 0.15) is 17.1 Å². The highest BCUT2D eigenvalue weighted by Gasteiger charge is 2.37. The fourth-order valence-electron chi connectivity index (χ4n) is 2.52. The van der Waals surface area contributed by atoms with Crippen molar-refractivity contribution in [2.45, 2.75) is 27.2 Å². The van der Waals surface area contributed by atoms with Gasteiger partial charge in [0.15, 0.2) is 0 Å². The summed E-state index contributed by atoms with van der Waals surface area (Å²) in [5, 5.41) is 0. The first-order valence-corrected chi connectivity index (χ1v) is 6.57. The highest BCUT2D eigenvalue weighted by molar-refractivity contribution is 7.74. The number of nitrogens with one attached hydrogen (secondary N) is 1. The van der Waals surface area contributed by atoms with Gasteiger partial charge >= 0.3 is 0 Å². The van der Waals surface area contributed by atoms with Gasteiger partial charge in [0.05, 0.1) is 5.92 Å². The van der Waals surface area contributed by atoms with Crippen LogP contribution in [0.4, 0.5) is 0 Å². The molecule has 0 aromatic heterocycles. The molecule has 4 atom stereocenters. The van der Waals surface area contributed by atoms with Crippen LogP contribution in [0.25, 0.3) is 0 Å². The van der Waals surface area contributed by atoms with Gasteiger partial charge in [-0.05, 0) is 26.2 Å². The summed E-state index contributed by atoms with van der Waals surface area (Å²) in [6.45, 7) is 5.17. The maximum absolute atomic E-state index is 11.8. The molecule has 0 fully saturated rings. The van der Waals surface area contributed by atoms with E-state index in [1.165, 1.54) is 6.92 Å². The van der Waals surface area contributed by atoms with Gasteiger partial charge in [0.2, 0.25) is 5.91 Å². The van der Waals surface area contributed by atoms with E-state index >= 15 is 0 Å². The lowest BCUT2D eigenvalue weighted by molar-refractivity contribution is -0.139. The van der Waals surface area contributed by atoms with Crippen molar-refractivity contribution >= 4 is 23.1 Å². The van der Waals surface area contributed by atoms with Crippen LogP contribution in [0.5, 0.6) is 0 Å². The Morgan fingerprint density at radius 3 is 2.67 bits per heavy atom. The molecular formula is C11H16NO5S-. The Balaban J connectivity index is 2.83. The number of hydrogen-bond acceptors (Lipinski definition) is 5. The van der Waals surface area contributed by atoms with Gasteiger partial charge in [-0.15, -0.1) is 0 Å². The Kier molecular flexibility index (Phi) is 5.18. The SMILES string of the molecule is CC(=O)C1C(C)C=C(C)CC1C(=O)NOS(=O)[O-]. The van der Waals surface area contributed by atoms with Crippen LogP contribution in [-0.4, -0.2) is 20.5 Å². The molecule has 1 rings (SSSR count). The number of rotatable bonds is 4. The van der Waals surface area contributed by atoms with Crippen LogP contribution in [0, 0.1) is 17.8 Å². The summed E-state index contributed by atoms with van der Waals surface area (Å²) < 4.78 is 24.5. The first-order valence-electron chi connectivity index (χ1n) is 5.57. The molecule has 18 heavy (non-hydrogen) atoms. The zero-order valence-corrected chi connectivity index (χ0v) is 11.3. The lowest BCUT2D eigenvalue weighted by Crippen LogP contribution is -2.41. The van der Waals surface area contributed by atoms with Crippen LogP contribution in [-0.2, 0) is 25.2 Å². The average molecular weight is 274 g/mol. The third kappa shape index (κ3) is 3.72.